The molecule has 0 saturated carbocycles. The highest BCUT2D eigenvalue weighted by molar-refractivity contribution is 5.92. The van der Waals surface area contributed by atoms with Crippen LogP contribution in [0.3, 0.4) is 0 Å². The van der Waals surface area contributed by atoms with Crippen LogP contribution in [0.5, 0.6) is 0 Å². The van der Waals surface area contributed by atoms with Crippen LogP contribution in [-0.4, -0.2) is 28.0 Å². The molecule has 2 aromatic carbocycles. The molecule has 1 fully saturated rings. The topological polar surface area (TPSA) is 44.8 Å². The van der Waals surface area contributed by atoms with E-state index in [0.29, 0.717) is 0 Å². The van der Waals surface area contributed by atoms with E-state index < -0.39 is 0 Å². The van der Waals surface area contributed by atoms with Crippen molar-refractivity contribution >= 4 is 16.9 Å². The van der Waals surface area contributed by atoms with Crippen molar-refractivity contribution in [3.8, 4) is 22.6 Å². The summed E-state index contributed by atoms with van der Waals surface area (Å²) in [6, 6.07) is 22.8. The largest absolute Gasteiger partial charge is 0.355 e. The number of benzene rings is 2. The number of fused-ring (bicyclic) bond motifs is 1. The van der Waals surface area contributed by atoms with E-state index in [0.717, 1.165) is 47.0 Å². The van der Waals surface area contributed by atoms with Gasteiger partial charge in [0, 0.05) is 24.3 Å². The van der Waals surface area contributed by atoms with E-state index in [1.807, 2.05) is 24.3 Å². The van der Waals surface area contributed by atoms with Gasteiger partial charge in [-0.1, -0.05) is 60.7 Å². The van der Waals surface area contributed by atoms with Gasteiger partial charge in [0.2, 0.25) is 0 Å². The number of aromatic amines is 1. The molecule has 4 nitrogen and oxygen atoms in total. The third kappa shape index (κ3) is 3.08. The minimum Gasteiger partial charge on any atom is -0.355 e. The van der Waals surface area contributed by atoms with Crippen molar-refractivity contribution in [2.75, 3.05) is 18.0 Å². The van der Waals surface area contributed by atoms with Gasteiger partial charge in [-0.05, 0) is 30.9 Å². The number of hydrogen-bond donors (Lipinski definition) is 1. The summed E-state index contributed by atoms with van der Waals surface area (Å²) in [5, 5.41) is 0. The van der Waals surface area contributed by atoms with Crippen molar-refractivity contribution in [1.29, 1.82) is 0 Å². The van der Waals surface area contributed by atoms with Crippen LogP contribution in [-0.2, 0) is 0 Å². The Bertz CT molecular complexity index is 1050. The summed E-state index contributed by atoms with van der Waals surface area (Å²) < 4.78 is 0. The molecule has 1 aliphatic rings. The molecule has 0 amide bonds. The Morgan fingerprint density at radius 2 is 1.41 bits per heavy atom. The molecule has 27 heavy (non-hydrogen) atoms. The number of H-pyrrole nitrogens is 1. The van der Waals surface area contributed by atoms with Crippen LogP contribution in [0.2, 0.25) is 0 Å². The Labute approximate surface area is 158 Å². The molecule has 1 aliphatic heterocycles. The Hall–Kier alpha value is -3.14. The molecule has 4 heteroatoms. The standard InChI is InChI=1S/C23H22N4/c1-4-10-17(11-5-1)19-16-20-21(24-19)23(27-14-8-3-9-15-27)26-22(25-20)18-12-6-2-7-13-18/h1-2,4-7,10-13,16,24H,3,8-9,14-15H2. The van der Waals surface area contributed by atoms with Gasteiger partial charge in [-0.15, -0.1) is 0 Å². The average Bonchev–Trinajstić information content (AvgIpc) is 3.19. The Balaban J connectivity index is 1.69. The predicted octanol–water partition coefficient (Wildman–Crippen LogP) is 5.28. The highest BCUT2D eigenvalue weighted by atomic mass is 15.2. The minimum absolute atomic E-state index is 0.794. The molecule has 0 spiro atoms. The van der Waals surface area contributed by atoms with E-state index in [-0.39, 0.29) is 0 Å². The summed E-state index contributed by atoms with van der Waals surface area (Å²) in [4.78, 5) is 15.9. The SMILES string of the molecule is c1ccc(-c2nc(N3CCCCC3)c3[nH]c(-c4ccccc4)cc3n2)cc1. The Kier molecular flexibility index (Phi) is 4.09. The molecule has 4 aromatic rings. The molecule has 0 unspecified atom stereocenters. The highest BCUT2D eigenvalue weighted by Gasteiger charge is 2.19. The van der Waals surface area contributed by atoms with Crippen molar-refractivity contribution in [2.45, 2.75) is 19.3 Å². The first kappa shape index (κ1) is 16.1. The van der Waals surface area contributed by atoms with Crippen molar-refractivity contribution in [1.82, 2.24) is 15.0 Å². The van der Waals surface area contributed by atoms with E-state index in [1.54, 1.807) is 0 Å². The van der Waals surface area contributed by atoms with Gasteiger partial charge in [0.05, 0.1) is 5.52 Å². The number of rotatable bonds is 3. The van der Waals surface area contributed by atoms with Gasteiger partial charge in [-0.3, -0.25) is 0 Å². The van der Waals surface area contributed by atoms with Gasteiger partial charge in [-0.2, -0.15) is 0 Å². The molecular weight excluding hydrogens is 332 g/mol. The molecule has 5 rings (SSSR count). The number of hydrogen-bond acceptors (Lipinski definition) is 3. The second kappa shape index (κ2) is 6.88. The van der Waals surface area contributed by atoms with Crippen LogP contribution in [0, 0.1) is 0 Å². The summed E-state index contributed by atoms with van der Waals surface area (Å²) >= 11 is 0. The van der Waals surface area contributed by atoms with Crippen LogP contribution in [0.1, 0.15) is 19.3 Å². The number of aromatic nitrogens is 3. The fourth-order valence-corrected chi connectivity index (χ4v) is 3.82. The normalized spacial score (nSPS) is 14.6. The Morgan fingerprint density at radius 3 is 2.11 bits per heavy atom. The van der Waals surface area contributed by atoms with Crippen LogP contribution >= 0.6 is 0 Å². The highest BCUT2D eigenvalue weighted by Crippen LogP contribution is 2.32. The van der Waals surface area contributed by atoms with Gasteiger partial charge in [0.1, 0.15) is 5.52 Å². The fraction of sp³-hybridized carbons (Fsp3) is 0.217. The zero-order valence-corrected chi connectivity index (χ0v) is 15.2. The summed E-state index contributed by atoms with van der Waals surface area (Å²) in [6.07, 6.45) is 3.74. The lowest BCUT2D eigenvalue weighted by molar-refractivity contribution is 0.574. The van der Waals surface area contributed by atoms with Gasteiger partial charge in [0.25, 0.3) is 0 Å². The van der Waals surface area contributed by atoms with Gasteiger partial charge < -0.3 is 9.88 Å². The molecule has 2 aromatic heterocycles. The third-order valence-corrected chi connectivity index (χ3v) is 5.23. The molecule has 0 aliphatic carbocycles. The van der Waals surface area contributed by atoms with Gasteiger partial charge in [-0.25, -0.2) is 9.97 Å². The van der Waals surface area contributed by atoms with E-state index in [9.17, 15) is 0 Å². The monoisotopic (exact) mass is 354 g/mol. The molecule has 1 saturated heterocycles. The zero-order valence-electron chi connectivity index (χ0n) is 15.2. The molecule has 134 valence electrons. The summed E-state index contributed by atoms with van der Waals surface area (Å²) in [5.74, 6) is 1.82. The third-order valence-electron chi connectivity index (χ3n) is 5.23. The smallest absolute Gasteiger partial charge is 0.162 e. The van der Waals surface area contributed by atoms with Crippen molar-refractivity contribution in [3.05, 3.63) is 66.7 Å². The molecule has 3 heterocycles. The van der Waals surface area contributed by atoms with E-state index in [4.69, 9.17) is 9.97 Å². The van der Waals surface area contributed by atoms with Crippen LogP contribution in [0.4, 0.5) is 5.82 Å². The second-order valence-electron chi connectivity index (χ2n) is 7.09. The fourth-order valence-electron chi connectivity index (χ4n) is 3.82. The maximum absolute atomic E-state index is 4.99. The van der Waals surface area contributed by atoms with E-state index in [1.165, 1.54) is 24.8 Å². The van der Waals surface area contributed by atoms with Crippen molar-refractivity contribution in [2.24, 2.45) is 0 Å². The lowest BCUT2D eigenvalue weighted by atomic mass is 10.1. The number of nitrogens with one attached hydrogen (secondary N) is 1. The quantitative estimate of drug-likeness (QED) is 0.544. The predicted molar refractivity (Wildman–Crippen MR) is 111 cm³/mol. The number of nitrogens with zero attached hydrogens (tertiary/aromatic N) is 3. The molecule has 0 atom stereocenters. The zero-order chi connectivity index (χ0) is 18.1. The second-order valence-corrected chi connectivity index (χ2v) is 7.09. The van der Waals surface area contributed by atoms with Crippen LogP contribution < -0.4 is 4.90 Å². The van der Waals surface area contributed by atoms with Crippen molar-refractivity contribution in [3.63, 3.8) is 0 Å². The van der Waals surface area contributed by atoms with Crippen molar-refractivity contribution < 1.29 is 0 Å². The Morgan fingerprint density at radius 1 is 0.741 bits per heavy atom. The summed E-state index contributed by atoms with van der Waals surface area (Å²) in [5.41, 5.74) is 5.32. The maximum atomic E-state index is 4.99. The van der Waals surface area contributed by atoms with Crippen LogP contribution in [0.15, 0.2) is 66.7 Å². The van der Waals surface area contributed by atoms with E-state index >= 15 is 0 Å². The molecular formula is C23H22N4. The lowest BCUT2D eigenvalue weighted by Gasteiger charge is -2.28. The first-order valence-electron chi connectivity index (χ1n) is 9.65. The van der Waals surface area contributed by atoms with Gasteiger partial charge >= 0.3 is 0 Å². The molecule has 0 bridgehead atoms. The summed E-state index contributed by atoms with van der Waals surface area (Å²) in [7, 11) is 0. The van der Waals surface area contributed by atoms with E-state index in [2.05, 4.69) is 52.3 Å². The van der Waals surface area contributed by atoms with Crippen LogP contribution in [0.25, 0.3) is 33.7 Å². The first-order chi connectivity index (χ1) is 13.4. The summed E-state index contributed by atoms with van der Waals surface area (Å²) in [6.45, 7) is 2.11. The lowest BCUT2D eigenvalue weighted by Crippen LogP contribution is -2.30. The minimum atomic E-state index is 0.794. The maximum Gasteiger partial charge on any atom is 0.162 e. The number of anilines is 1. The first-order valence-corrected chi connectivity index (χ1v) is 9.65. The number of piperidine rings is 1. The molecule has 1 N–H and O–H groups in total. The average molecular weight is 354 g/mol. The molecule has 0 radical (unpaired) electrons. The van der Waals surface area contributed by atoms with Gasteiger partial charge in [0.15, 0.2) is 11.6 Å².